The number of hydrogen-bond acceptors (Lipinski definition) is 3. The van der Waals surface area contributed by atoms with Crippen molar-refractivity contribution in [1.82, 2.24) is 5.32 Å². The monoisotopic (exact) mass is 307 g/mol. The highest BCUT2D eigenvalue weighted by molar-refractivity contribution is 9.10. The van der Waals surface area contributed by atoms with Gasteiger partial charge in [-0.2, -0.15) is 0 Å². The SMILES string of the molecule is COCCNCCOc1ccc(Br)cc1Cl. The summed E-state index contributed by atoms with van der Waals surface area (Å²) in [6.45, 7) is 2.90. The third-order valence-electron chi connectivity index (χ3n) is 1.91. The molecule has 0 saturated heterocycles. The molecule has 1 aromatic rings. The molecule has 0 amide bonds. The van der Waals surface area contributed by atoms with Crippen LogP contribution in [0.4, 0.5) is 0 Å². The first-order valence-electron chi connectivity index (χ1n) is 5.01. The molecule has 0 bridgehead atoms. The first kappa shape index (κ1) is 13.8. The molecule has 5 heteroatoms. The van der Waals surface area contributed by atoms with Crippen LogP contribution in [0.25, 0.3) is 0 Å². The Hall–Kier alpha value is -0.290. The molecule has 0 radical (unpaired) electrons. The average Bonchev–Trinajstić information content (AvgIpc) is 2.26. The van der Waals surface area contributed by atoms with E-state index in [2.05, 4.69) is 21.2 Å². The number of benzene rings is 1. The van der Waals surface area contributed by atoms with E-state index < -0.39 is 0 Å². The lowest BCUT2D eigenvalue weighted by Gasteiger charge is -2.08. The molecule has 0 unspecified atom stereocenters. The maximum absolute atomic E-state index is 6.00. The number of halogens is 2. The molecule has 0 saturated carbocycles. The molecule has 1 aromatic carbocycles. The summed E-state index contributed by atoms with van der Waals surface area (Å²) in [6, 6.07) is 5.57. The summed E-state index contributed by atoms with van der Waals surface area (Å²) in [4.78, 5) is 0. The number of methoxy groups -OCH3 is 1. The fourth-order valence-electron chi connectivity index (χ4n) is 1.12. The average molecular weight is 309 g/mol. The summed E-state index contributed by atoms with van der Waals surface area (Å²) in [5.41, 5.74) is 0. The van der Waals surface area contributed by atoms with E-state index in [1.165, 1.54) is 0 Å². The first-order chi connectivity index (χ1) is 7.74. The number of nitrogens with one attached hydrogen (secondary N) is 1. The molecule has 0 fully saturated rings. The fourth-order valence-corrected chi connectivity index (χ4v) is 1.85. The van der Waals surface area contributed by atoms with Crippen molar-refractivity contribution >= 4 is 27.5 Å². The van der Waals surface area contributed by atoms with E-state index in [0.29, 0.717) is 24.0 Å². The van der Waals surface area contributed by atoms with Gasteiger partial charge in [-0.1, -0.05) is 27.5 Å². The van der Waals surface area contributed by atoms with Gasteiger partial charge in [-0.05, 0) is 18.2 Å². The quantitative estimate of drug-likeness (QED) is 0.786. The van der Waals surface area contributed by atoms with Crippen LogP contribution in [0.2, 0.25) is 5.02 Å². The number of ether oxygens (including phenoxy) is 2. The highest BCUT2D eigenvalue weighted by atomic mass is 79.9. The van der Waals surface area contributed by atoms with Crippen LogP contribution in [0.15, 0.2) is 22.7 Å². The summed E-state index contributed by atoms with van der Waals surface area (Å²) >= 11 is 9.34. The van der Waals surface area contributed by atoms with Crippen LogP contribution in [0.5, 0.6) is 5.75 Å². The highest BCUT2D eigenvalue weighted by Gasteiger charge is 2.01. The summed E-state index contributed by atoms with van der Waals surface area (Å²) in [6.07, 6.45) is 0. The van der Waals surface area contributed by atoms with Crippen molar-refractivity contribution in [1.29, 1.82) is 0 Å². The van der Waals surface area contributed by atoms with Gasteiger partial charge >= 0.3 is 0 Å². The van der Waals surface area contributed by atoms with Crippen LogP contribution in [-0.4, -0.2) is 33.4 Å². The van der Waals surface area contributed by atoms with Crippen molar-refractivity contribution < 1.29 is 9.47 Å². The summed E-state index contributed by atoms with van der Waals surface area (Å²) in [7, 11) is 1.68. The second-order valence-electron chi connectivity index (χ2n) is 3.17. The van der Waals surface area contributed by atoms with Crippen LogP contribution < -0.4 is 10.1 Å². The Balaban J connectivity index is 2.21. The van der Waals surface area contributed by atoms with Crippen LogP contribution in [0.1, 0.15) is 0 Å². The van der Waals surface area contributed by atoms with E-state index in [1.54, 1.807) is 7.11 Å². The van der Waals surface area contributed by atoms with Gasteiger partial charge in [0, 0.05) is 24.7 Å². The van der Waals surface area contributed by atoms with Crippen molar-refractivity contribution in [2.75, 3.05) is 33.4 Å². The lowest BCUT2D eigenvalue weighted by molar-refractivity contribution is 0.197. The molecule has 0 heterocycles. The minimum Gasteiger partial charge on any atom is -0.491 e. The molecular formula is C11H15BrClNO2. The Morgan fingerprint density at radius 2 is 2.06 bits per heavy atom. The Bertz CT molecular complexity index is 323. The lowest BCUT2D eigenvalue weighted by atomic mass is 10.3. The minimum atomic E-state index is 0.588. The van der Waals surface area contributed by atoms with E-state index in [9.17, 15) is 0 Å². The molecule has 1 rings (SSSR count). The lowest BCUT2D eigenvalue weighted by Crippen LogP contribution is -2.24. The van der Waals surface area contributed by atoms with Gasteiger partial charge in [0.15, 0.2) is 0 Å². The van der Waals surface area contributed by atoms with Crippen LogP contribution in [0.3, 0.4) is 0 Å². The predicted molar refractivity (Wildman–Crippen MR) is 69.4 cm³/mol. The molecule has 0 aromatic heterocycles. The molecule has 16 heavy (non-hydrogen) atoms. The van der Waals surface area contributed by atoms with Gasteiger partial charge < -0.3 is 14.8 Å². The molecule has 3 nitrogen and oxygen atoms in total. The highest BCUT2D eigenvalue weighted by Crippen LogP contribution is 2.27. The molecule has 0 aliphatic carbocycles. The minimum absolute atomic E-state index is 0.588. The first-order valence-corrected chi connectivity index (χ1v) is 6.18. The standard InChI is InChI=1S/C11H15BrClNO2/c1-15-6-4-14-5-7-16-11-3-2-9(12)8-10(11)13/h2-3,8,14H,4-7H2,1H3. The van der Waals surface area contributed by atoms with Gasteiger partial charge in [0.25, 0.3) is 0 Å². The zero-order chi connectivity index (χ0) is 11.8. The van der Waals surface area contributed by atoms with Crippen molar-refractivity contribution in [2.45, 2.75) is 0 Å². The Morgan fingerprint density at radius 3 is 2.75 bits per heavy atom. The number of rotatable bonds is 7. The van der Waals surface area contributed by atoms with Gasteiger partial charge in [0.1, 0.15) is 12.4 Å². The zero-order valence-corrected chi connectivity index (χ0v) is 11.5. The molecule has 0 aliphatic heterocycles. The van der Waals surface area contributed by atoms with Crippen LogP contribution in [0, 0.1) is 0 Å². The second-order valence-corrected chi connectivity index (χ2v) is 4.49. The summed E-state index contributed by atoms with van der Waals surface area (Å²) in [5, 5.41) is 3.80. The maximum Gasteiger partial charge on any atom is 0.138 e. The summed E-state index contributed by atoms with van der Waals surface area (Å²) in [5.74, 6) is 0.707. The third-order valence-corrected chi connectivity index (χ3v) is 2.70. The summed E-state index contributed by atoms with van der Waals surface area (Å²) < 4.78 is 11.4. The maximum atomic E-state index is 6.00. The van der Waals surface area contributed by atoms with Gasteiger partial charge in [-0.25, -0.2) is 0 Å². The molecule has 1 N–H and O–H groups in total. The van der Waals surface area contributed by atoms with E-state index >= 15 is 0 Å². The molecular weight excluding hydrogens is 293 g/mol. The van der Waals surface area contributed by atoms with Crippen LogP contribution in [-0.2, 0) is 4.74 Å². The third kappa shape index (κ3) is 5.16. The van der Waals surface area contributed by atoms with Crippen molar-refractivity contribution in [2.24, 2.45) is 0 Å². The molecule has 0 aliphatic rings. The van der Waals surface area contributed by atoms with E-state index in [1.807, 2.05) is 18.2 Å². The largest absolute Gasteiger partial charge is 0.491 e. The van der Waals surface area contributed by atoms with Gasteiger partial charge in [-0.3, -0.25) is 0 Å². The Morgan fingerprint density at radius 1 is 1.31 bits per heavy atom. The predicted octanol–water partition coefficient (Wildman–Crippen LogP) is 2.72. The van der Waals surface area contributed by atoms with Crippen LogP contribution >= 0.6 is 27.5 Å². The molecule has 0 atom stereocenters. The number of hydrogen-bond donors (Lipinski definition) is 1. The Labute approximate surface area is 109 Å². The van der Waals surface area contributed by atoms with Crippen molar-refractivity contribution in [3.05, 3.63) is 27.7 Å². The normalized spacial score (nSPS) is 10.4. The molecule has 90 valence electrons. The zero-order valence-electron chi connectivity index (χ0n) is 9.13. The van der Waals surface area contributed by atoms with Gasteiger partial charge in [0.05, 0.1) is 11.6 Å². The van der Waals surface area contributed by atoms with E-state index in [0.717, 1.165) is 17.6 Å². The van der Waals surface area contributed by atoms with Crippen molar-refractivity contribution in [3.8, 4) is 5.75 Å². The fraction of sp³-hybridized carbons (Fsp3) is 0.455. The second kappa shape index (κ2) is 7.90. The smallest absolute Gasteiger partial charge is 0.138 e. The van der Waals surface area contributed by atoms with E-state index in [4.69, 9.17) is 21.1 Å². The molecule has 0 spiro atoms. The van der Waals surface area contributed by atoms with Gasteiger partial charge in [0.2, 0.25) is 0 Å². The van der Waals surface area contributed by atoms with Crippen molar-refractivity contribution in [3.63, 3.8) is 0 Å². The van der Waals surface area contributed by atoms with E-state index in [-0.39, 0.29) is 0 Å². The topological polar surface area (TPSA) is 30.5 Å². The van der Waals surface area contributed by atoms with Gasteiger partial charge in [-0.15, -0.1) is 0 Å². The Kier molecular flexibility index (Phi) is 6.80.